The summed E-state index contributed by atoms with van der Waals surface area (Å²) in [6.45, 7) is 11.8. The van der Waals surface area contributed by atoms with Gasteiger partial charge in [0.05, 0.1) is 11.8 Å². The first-order valence-corrected chi connectivity index (χ1v) is 11.1. The average molecular weight is 356 g/mol. The van der Waals surface area contributed by atoms with Crippen LogP contribution in [0.25, 0.3) is 0 Å². The summed E-state index contributed by atoms with van der Waals surface area (Å²) < 4.78 is 23.6. The standard InChI is InChI=1S/C14H30O6P2/c1-9(2)14(6)10(3)7-11(8-21(15,16)17)12(13(14,4)5)22(18,19)20/h9-12H,7-8H2,1-6H3,(H2,15,16,17)(H2,18,19,20). The molecule has 4 atom stereocenters. The number of hydrogen-bond acceptors (Lipinski definition) is 2. The second-order valence-corrected chi connectivity index (χ2v) is 11.4. The van der Waals surface area contributed by atoms with Crippen molar-refractivity contribution in [3.05, 3.63) is 0 Å². The van der Waals surface area contributed by atoms with Crippen molar-refractivity contribution in [3.8, 4) is 0 Å². The maximum atomic E-state index is 12.2. The van der Waals surface area contributed by atoms with Gasteiger partial charge in [0.2, 0.25) is 0 Å². The van der Waals surface area contributed by atoms with Crippen molar-refractivity contribution in [2.24, 2.45) is 28.6 Å². The molecule has 0 aromatic carbocycles. The summed E-state index contributed by atoms with van der Waals surface area (Å²) in [4.78, 5) is 38.4. The van der Waals surface area contributed by atoms with Crippen LogP contribution in [0.4, 0.5) is 0 Å². The van der Waals surface area contributed by atoms with E-state index in [0.29, 0.717) is 6.42 Å². The van der Waals surface area contributed by atoms with E-state index in [1.165, 1.54) is 0 Å². The smallest absolute Gasteiger partial charge is 0.324 e. The molecule has 0 aliphatic heterocycles. The van der Waals surface area contributed by atoms with Crippen molar-refractivity contribution in [3.63, 3.8) is 0 Å². The van der Waals surface area contributed by atoms with Gasteiger partial charge in [-0.15, -0.1) is 0 Å². The van der Waals surface area contributed by atoms with Crippen LogP contribution >= 0.6 is 15.2 Å². The lowest BCUT2D eigenvalue weighted by atomic mass is 9.48. The van der Waals surface area contributed by atoms with Gasteiger partial charge in [-0.1, -0.05) is 41.5 Å². The first kappa shape index (κ1) is 20.3. The van der Waals surface area contributed by atoms with Gasteiger partial charge in [0.25, 0.3) is 0 Å². The monoisotopic (exact) mass is 356 g/mol. The fourth-order valence-corrected chi connectivity index (χ4v) is 7.89. The van der Waals surface area contributed by atoms with Gasteiger partial charge in [0.15, 0.2) is 0 Å². The van der Waals surface area contributed by atoms with Gasteiger partial charge in [-0.2, -0.15) is 0 Å². The minimum atomic E-state index is -4.49. The zero-order valence-corrected chi connectivity index (χ0v) is 16.0. The van der Waals surface area contributed by atoms with E-state index < -0.39 is 38.3 Å². The molecule has 4 N–H and O–H groups in total. The first-order valence-electron chi connectivity index (χ1n) is 7.65. The Hall–Kier alpha value is 0.300. The molecule has 1 aliphatic carbocycles. The van der Waals surface area contributed by atoms with Crippen LogP contribution in [0.5, 0.6) is 0 Å². The van der Waals surface area contributed by atoms with Crippen LogP contribution in [0.1, 0.15) is 48.0 Å². The Bertz CT molecular complexity index is 505. The van der Waals surface area contributed by atoms with Gasteiger partial charge >= 0.3 is 15.2 Å². The number of hydrogen-bond donors (Lipinski definition) is 4. The van der Waals surface area contributed by atoms with Crippen molar-refractivity contribution in [2.45, 2.75) is 53.6 Å². The van der Waals surface area contributed by atoms with Crippen LogP contribution in [0.2, 0.25) is 0 Å². The third-order valence-corrected chi connectivity index (χ3v) is 9.02. The molecule has 1 rings (SSSR count). The molecule has 132 valence electrons. The van der Waals surface area contributed by atoms with E-state index >= 15 is 0 Å². The van der Waals surface area contributed by atoms with Crippen molar-refractivity contribution < 1.29 is 28.7 Å². The molecule has 22 heavy (non-hydrogen) atoms. The van der Waals surface area contributed by atoms with Gasteiger partial charge in [0, 0.05) is 0 Å². The molecule has 6 nitrogen and oxygen atoms in total. The minimum Gasteiger partial charge on any atom is -0.324 e. The fourth-order valence-electron chi connectivity index (χ4n) is 4.86. The second-order valence-electron chi connectivity index (χ2n) is 7.94. The minimum absolute atomic E-state index is 0.113. The Labute approximate surface area is 133 Å². The molecule has 1 aliphatic rings. The third kappa shape index (κ3) is 3.53. The Morgan fingerprint density at radius 3 is 1.86 bits per heavy atom. The van der Waals surface area contributed by atoms with Crippen LogP contribution in [0.3, 0.4) is 0 Å². The Morgan fingerprint density at radius 1 is 1.09 bits per heavy atom. The molecule has 0 saturated heterocycles. The van der Waals surface area contributed by atoms with Crippen LogP contribution in [0, 0.1) is 28.6 Å². The fraction of sp³-hybridized carbons (Fsp3) is 1.00. The lowest BCUT2D eigenvalue weighted by molar-refractivity contribution is -0.0762. The van der Waals surface area contributed by atoms with Crippen molar-refractivity contribution in [2.75, 3.05) is 6.16 Å². The van der Waals surface area contributed by atoms with Crippen molar-refractivity contribution in [1.29, 1.82) is 0 Å². The SMILES string of the molecule is CC(C)C1(C)C(C)CC(CP(=O)(O)O)C(P(=O)(O)O)C1(C)C. The largest absolute Gasteiger partial charge is 0.329 e. The molecular weight excluding hydrogens is 326 g/mol. The molecule has 8 heteroatoms. The molecule has 0 heterocycles. The van der Waals surface area contributed by atoms with E-state index in [4.69, 9.17) is 0 Å². The number of rotatable bonds is 4. The van der Waals surface area contributed by atoms with E-state index in [0.717, 1.165) is 0 Å². The summed E-state index contributed by atoms with van der Waals surface area (Å²) in [5.74, 6) is -0.372. The van der Waals surface area contributed by atoms with E-state index in [9.17, 15) is 28.7 Å². The van der Waals surface area contributed by atoms with Gasteiger partial charge in [-0.3, -0.25) is 9.13 Å². The third-order valence-electron chi connectivity index (χ3n) is 6.29. The van der Waals surface area contributed by atoms with Gasteiger partial charge < -0.3 is 19.6 Å². The molecule has 0 amide bonds. The summed E-state index contributed by atoms with van der Waals surface area (Å²) in [5, 5.41) is 0. The summed E-state index contributed by atoms with van der Waals surface area (Å²) in [7, 11) is -8.83. The van der Waals surface area contributed by atoms with E-state index in [1.807, 2.05) is 41.5 Å². The zero-order valence-electron chi connectivity index (χ0n) is 14.2. The summed E-state index contributed by atoms with van der Waals surface area (Å²) in [6, 6.07) is 0. The summed E-state index contributed by atoms with van der Waals surface area (Å²) >= 11 is 0. The molecular formula is C14H30O6P2. The second kappa shape index (κ2) is 5.98. The predicted octanol–water partition coefficient (Wildman–Crippen LogP) is 3.05. The van der Waals surface area contributed by atoms with Crippen LogP contribution < -0.4 is 0 Å². The van der Waals surface area contributed by atoms with E-state index in [1.54, 1.807) is 0 Å². The maximum Gasteiger partial charge on any atom is 0.329 e. The lowest BCUT2D eigenvalue weighted by Crippen LogP contribution is -2.58. The molecule has 1 saturated carbocycles. The Kier molecular flexibility index (Phi) is 5.53. The molecule has 0 spiro atoms. The first-order chi connectivity index (χ1) is 9.55. The Morgan fingerprint density at radius 2 is 1.55 bits per heavy atom. The average Bonchev–Trinajstić information content (AvgIpc) is 2.20. The highest BCUT2D eigenvalue weighted by molar-refractivity contribution is 7.53. The molecule has 0 aromatic heterocycles. The predicted molar refractivity (Wildman–Crippen MR) is 86.7 cm³/mol. The van der Waals surface area contributed by atoms with Crippen LogP contribution in [-0.2, 0) is 9.13 Å². The highest BCUT2D eigenvalue weighted by Crippen LogP contribution is 2.68. The van der Waals surface area contributed by atoms with Crippen LogP contribution in [0.15, 0.2) is 0 Å². The highest BCUT2D eigenvalue weighted by Gasteiger charge is 2.62. The van der Waals surface area contributed by atoms with Gasteiger partial charge in [-0.05, 0) is 35.0 Å². The molecule has 1 fully saturated rings. The molecule has 0 radical (unpaired) electrons. The van der Waals surface area contributed by atoms with Gasteiger partial charge in [-0.25, -0.2) is 0 Å². The molecule has 4 unspecified atom stereocenters. The normalized spacial score (nSPS) is 36.6. The van der Waals surface area contributed by atoms with Crippen molar-refractivity contribution in [1.82, 2.24) is 0 Å². The summed E-state index contributed by atoms with van der Waals surface area (Å²) in [6.07, 6.45) is -0.0519. The van der Waals surface area contributed by atoms with Gasteiger partial charge in [0.1, 0.15) is 0 Å². The highest BCUT2D eigenvalue weighted by atomic mass is 31.2. The summed E-state index contributed by atoms with van der Waals surface area (Å²) in [5.41, 5.74) is -2.11. The van der Waals surface area contributed by atoms with Crippen LogP contribution in [-0.4, -0.2) is 31.4 Å². The molecule has 0 aromatic rings. The van der Waals surface area contributed by atoms with E-state index in [-0.39, 0.29) is 17.3 Å². The molecule has 0 bridgehead atoms. The lowest BCUT2D eigenvalue weighted by Gasteiger charge is -2.60. The topological polar surface area (TPSA) is 115 Å². The van der Waals surface area contributed by atoms with E-state index in [2.05, 4.69) is 0 Å². The zero-order chi connectivity index (χ0) is 17.7. The quantitative estimate of drug-likeness (QED) is 0.576. The van der Waals surface area contributed by atoms with Crippen molar-refractivity contribution >= 4 is 15.2 Å². The Balaban J connectivity index is 3.44. The maximum absolute atomic E-state index is 12.2.